The number of methoxy groups -OCH3 is 2. The van der Waals surface area contributed by atoms with Crippen molar-refractivity contribution in [2.75, 3.05) is 31.4 Å². The number of ether oxygens (including phenoxy) is 2. The highest BCUT2D eigenvalue weighted by atomic mass is 127. The summed E-state index contributed by atoms with van der Waals surface area (Å²) in [6.45, 7) is 0.176. The first kappa shape index (κ1) is 16.4. The maximum atomic E-state index is 12.0. The van der Waals surface area contributed by atoms with Gasteiger partial charge in [-0.15, -0.1) is 0 Å². The Morgan fingerprint density at radius 3 is 2.45 bits per heavy atom. The average Bonchev–Trinajstić information content (AvgIpc) is 2.54. The summed E-state index contributed by atoms with van der Waals surface area (Å²) in [5.41, 5.74) is 1.51. The largest absolute Gasteiger partial charge is 0.497 e. The summed E-state index contributed by atoms with van der Waals surface area (Å²) in [7, 11) is 3.13. The molecule has 116 valence electrons. The lowest BCUT2D eigenvalue weighted by Crippen LogP contribution is -2.22. The Labute approximate surface area is 143 Å². The number of amides is 1. The standard InChI is InChI=1S/C16H17IN2O3/c1-21-13-7-8-14(15(9-13)22-2)19-16(20)10-18-12-5-3-11(17)4-6-12/h3-9,18H,10H2,1-2H3,(H,19,20). The van der Waals surface area contributed by atoms with E-state index in [-0.39, 0.29) is 12.5 Å². The molecule has 2 aromatic carbocycles. The summed E-state index contributed by atoms with van der Waals surface area (Å²) in [6.07, 6.45) is 0. The number of hydrogen-bond donors (Lipinski definition) is 2. The maximum absolute atomic E-state index is 12.0. The highest BCUT2D eigenvalue weighted by Crippen LogP contribution is 2.28. The van der Waals surface area contributed by atoms with Gasteiger partial charge in [0, 0.05) is 15.3 Å². The lowest BCUT2D eigenvalue weighted by molar-refractivity contribution is -0.114. The molecule has 0 heterocycles. The summed E-state index contributed by atoms with van der Waals surface area (Å²) < 4.78 is 11.5. The maximum Gasteiger partial charge on any atom is 0.243 e. The van der Waals surface area contributed by atoms with Gasteiger partial charge in [0.15, 0.2) is 0 Å². The van der Waals surface area contributed by atoms with Crippen LogP contribution in [0.15, 0.2) is 42.5 Å². The van der Waals surface area contributed by atoms with Crippen molar-refractivity contribution in [2.45, 2.75) is 0 Å². The fourth-order valence-corrected chi connectivity index (χ4v) is 2.21. The van der Waals surface area contributed by atoms with E-state index in [0.717, 1.165) is 9.26 Å². The first-order valence-corrected chi connectivity index (χ1v) is 7.71. The molecule has 0 saturated heterocycles. The molecule has 0 spiro atoms. The minimum Gasteiger partial charge on any atom is -0.497 e. The molecule has 0 radical (unpaired) electrons. The molecule has 0 aliphatic rings. The van der Waals surface area contributed by atoms with Crippen LogP contribution in [0.2, 0.25) is 0 Å². The monoisotopic (exact) mass is 412 g/mol. The van der Waals surface area contributed by atoms with Crippen LogP contribution in [-0.4, -0.2) is 26.7 Å². The Balaban J connectivity index is 1.95. The first-order valence-electron chi connectivity index (χ1n) is 6.63. The molecule has 0 bridgehead atoms. The number of nitrogens with one attached hydrogen (secondary N) is 2. The number of anilines is 2. The number of benzene rings is 2. The van der Waals surface area contributed by atoms with Gasteiger partial charge in [0.2, 0.25) is 5.91 Å². The van der Waals surface area contributed by atoms with Crippen molar-refractivity contribution in [3.8, 4) is 11.5 Å². The minimum absolute atomic E-state index is 0.151. The van der Waals surface area contributed by atoms with Crippen molar-refractivity contribution >= 4 is 39.9 Å². The fraction of sp³-hybridized carbons (Fsp3) is 0.188. The highest BCUT2D eigenvalue weighted by molar-refractivity contribution is 14.1. The first-order chi connectivity index (χ1) is 10.6. The third-order valence-electron chi connectivity index (χ3n) is 2.98. The van der Waals surface area contributed by atoms with Crippen LogP contribution in [0.5, 0.6) is 11.5 Å². The lowest BCUT2D eigenvalue weighted by atomic mass is 10.2. The van der Waals surface area contributed by atoms with Gasteiger partial charge in [-0.3, -0.25) is 4.79 Å². The number of hydrogen-bond acceptors (Lipinski definition) is 4. The molecule has 6 heteroatoms. The van der Waals surface area contributed by atoms with Crippen LogP contribution in [0.25, 0.3) is 0 Å². The molecule has 0 unspecified atom stereocenters. The predicted molar refractivity (Wildman–Crippen MR) is 95.8 cm³/mol. The normalized spacial score (nSPS) is 9.95. The van der Waals surface area contributed by atoms with Crippen LogP contribution in [0.1, 0.15) is 0 Å². The Hall–Kier alpha value is -1.96. The second-order valence-corrected chi connectivity index (χ2v) is 5.72. The molecule has 0 atom stereocenters. The van der Waals surface area contributed by atoms with E-state index >= 15 is 0 Å². The van der Waals surface area contributed by atoms with Gasteiger partial charge in [-0.05, 0) is 59.0 Å². The summed E-state index contributed by atoms with van der Waals surface area (Å²) in [5, 5.41) is 5.88. The summed E-state index contributed by atoms with van der Waals surface area (Å²) in [6, 6.07) is 13.1. The zero-order valence-corrected chi connectivity index (χ0v) is 14.5. The fourth-order valence-electron chi connectivity index (χ4n) is 1.85. The molecular formula is C16H17IN2O3. The van der Waals surface area contributed by atoms with Crippen molar-refractivity contribution in [2.24, 2.45) is 0 Å². The minimum atomic E-state index is -0.151. The van der Waals surface area contributed by atoms with Crippen LogP contribution in [0, 0.1) is 3.57 Å². The smallest absolute Gasteiger partial charge is 0.243 e. The van der Waals surface area contributed by atoms with Crippen LogP contribution >= 0.6 is 22.6 Å². The predicted octanol–water partition coefficient (Wildman–Crippen LogP) is 3.36. The Bertz CT molecular complexity index is 644. The van der Waals surface area contributed by atoms with Crippen molar-refractivity contribution in [3.63, 3.8) is 0 Å². The molecular weight excluding hydrogens is 395 g/mol. The van der Waals surface area contributed by atoms with Crippen LogP contribution in [0.3, 0.4) is 0 Å². The van der Waals surface area contributed by atoms with Crippen molar-refractivity contribution < 1.29 is 14.3 Å². The van der Waals surface area contributed by atoms with E-state index in [1.54, 1.807) is 32.4 Å². The van der Waals surface area contributed by atoms with E-state index in [2.05, 4.69) is 33.2 Å². The van der Waals surface area contributed by atoms with Crippen LogP contribution in [0.4, 0.5) is 11.4 Å². The second-order valence-electron chi connectivity index (χ2n) is 4.47. The van der Waals surface area contributed by atoms with E-state index in [9.17, 15) is 4.79 Å². The van der Waals surface area contributed by atoms with Gasteiger partial charge in [-0.1, -0.05) is 0 Å². The number of carbonyl (C=O) groups excluding carboxylic acids is 1. The van der Waals surface area contributed by atoms with E-state index in [0.29, 0.717) is 17.2 Å². The topological polar surface area (TPSA) is 59.6 Å². The SMILES string of the molecule is COc1ccc(NC(=O)CNc2ccc(I)cc2)c(OC)c1. The summed E-state index contributed by atoms with van der Waals surface area (Å²) in [5.74, 6) is 1.08. The molecule has 0 fully saturated rings. The van der Waals surface area contributed by atoms with Gasteiger partial charge < -0.3 is 20.1 Å². The molecule has 2 aromatic rings. The number of halogens is 1. The quantitative estimate of drug-likeness (QED) is 0.715. The lowest BCUT2D eigenvalue weighted by Gasteiger charge is -2.12. The third kappa shape index (κ3) is 4.52. The Kier molecular flexibility index (Phi) is 5.88. The zero-order valence-electron chi connectivity index (χ0n) is 12.4. The van der Waals surface area contributed by atoms with Crippen LogP contribution < -0.4 is 20.1 Å². The molecule has 0 aliphatic heterocycles. The van der Waals surface area contributed by atoms with E-state index in [1.807, 2.05) is 24.3 Å². The van der Waals surface area contributed by atoms with E-state index in [1.165, 1.54) is 0 Å². The van der Waals surface area contributed by atoms with Crippen molar-refractivity contribution in [1.82, 2.24) is 0 Å². The van der Waals surface area contributed by atoms with Gasteiger partial charge >= 0.3 is 0 Å². The van der Waals surface area contributed by atoms with Gasteiger partial charge in [0.1, 0.15) is 11.5 Å². The molecule has 1 amide bonds. The summed E-state index contributed by atoms with van der Waals surface area (Å²) >= 11 is 2.24. The zero-order chi connectivity index (χ0) is 15.9. The molecule has 2 rings (SSSR count). The second kappa shape index (κ2) is 7.88. The summed E-state index contributed by atoms with van der Waals surface area (Å²) in [4.78, 5) is 12.0. The molecule has 0 aromatic heterocycles. The third-order valence-corrected chi connectivity index (χ3v) is 3.70. The van der Waals surface area contributed by atoms with Gasteiger partial charge in [0.25, 0.3) is 0 Å². The number of carbonyl (C=O) groups is 1. The molecule has 2 N–H and O–H groups in total. The van der Waals surface area contributed by atoms with E-state index < -0.39 is 0 Å². The number of rotatable bonds is 6. The van der Waals surface area contributed by atoms with Crippen molar-refractivity contribution in [3.05, 3.63) is 46.0 Å². The Morgan fingerprint density at radius 1 is 1.09 bits per heavy atom. The average molecular weight is 412 g/mol. The van der Waals surface area contributed by atoms with E-state index in [4.69, 9.17) is 9.47 Å². The molecule has 22 heavy (non-hydrogen) atoms. The van der Waals surface area contributed by atoms with Crippen LogP contribution in [-0.2, 0) is 4.79 Å². The van der Waals surface area contributed by atoms with Gasteiger partial charge in [-0.25, -0.2) is 0 Å². The van der Waals surface area contributed by atoms with Crippen molar-refractivity contribution in [1.29, 1.82) is 0 Å². The van der Waals surface area contributed by atoms with Gasteiger partial charge in [-0.2, -0.15) is 0 Å². The molecule has 0 aliphatic carbocycles. The Morgan fingerprint density at radius 2 is 1.82 bits per heavy atom. The molecule has 0 saturated carbocycles. The molecule has 5 nitrogen and oxygen atoms in total. The van der Waals surface area contributed by atoms with Gasteiger partial charge in [0.05, 0.1) is 26.5 Å². The highest BCUT2D eigenvalue weighted by Gasteiger charge is 2.08.